The van der Waals surface area contributed by atoms with Crippen molar-refractivity contribution in [1.29, 1.82) is 0 Å². The molecule has 0 bridgehead atoms. The number of carbonyl (C=O) groups is 2. The Balaban J connectivity index is 2.57. The van der Waals surface area contributed by atoms with Gasteiger partial charge in [-0.1, -0.05) is 32.4 Å². The van der Waals surface area contributed by atoms with Crippen LogP contribution >= 0.6 is 0 Å². The normalized spacial score (nSPS) is 13.2. The molecule has 0 saturated carbocycles. The first-order valence-electron chi connectivity index (χ1n) is 7.72. The predicted octanol–water partition coefficient (Wildman–Crippen LogP) is 1.74. The van der Waals surface area contributed by atoms with E-state index in [-0.39, 0.29) is 18.4 Å². The van der Waals surface area contributed by atoms with Crippen LogP contribution in [0.3, 0.4) is 0 Å². The van der Waals surface area contributed by atoms with Crippen molar-refractivity contribution in [3.05, 3.63) is 29.8 Å². The van der Waals surface area contributed by atoms with Gasteiger partial charge >= 0.3 is 5.97 Å². The molecule has 0 aromatic heterocycles. The fraction of sp³-hybridized carbons (Fsp3) is 0.529. The fourth-order valence-electron chi connectivity index (χ4n) is 2.23. The van der Waals surface area contributed by atoms with Gasteiger partial charge in [-0.15, -0.1) is 0 Å². The van der Waals surface area contributed by atoms with Crippen molar-refractivity contribution < 1.29 is 19.4 Å². The Morgan fingerprint density at radius 3 is 2.65 bits per heavy atom. The molecule has 0 aliphatic carbocycles. The number of carboxylic acid groups (broad SMARTS) is 1. The van der Waals surface area contributed by atoms with Crippen molar-refractivity contribution in [2.24, 2.45) is 5.92 Å². The zero-order valence-corrected chi connectivity index (χ0v) is 14.2. The van der Waals surface area contributed by atoms with E-state index < -0.39 is 12.0 Å². The van der Waals surface area contributed by atoms with Crippen molar-refractivity contribution in [2.75, 3.05) is 20.7 Å². The number of hydrogen-bond acceptors (Lipinski definition) is 4. The van der Waals surface area contributed by atoms with Gasteiger partial charge in [0.15, 0.2) is 0 Å². The van der Waals surface area contributed by atoms with E-state index in [1.54, 1.807) is 19.1 Å². The van der Waals surface area contributed by atoms with Gasteiger partial charge in [-0.2, -0.15) is 0 Å². The molecule has 128 valence electrons. The standard InChI is InChI=1S/C17H26N2O4/c1-5-12(2)16(17(21)22)18-10-15(20)19(3)11-13-7-6-8-14(9-13)23-4/h6-9,12,16,18H,5,10-11H2,1-4H3,(H,21,22)/t12-,16-/m0/s1. The second-order valence-corrected chi connectivity index (χ2v) is 5.68. The third-order valence-electron chi connectivity index (χ3n) is 3.93. The largest absolute Gasteiger partial charge is 0.497 e. The maximum Gasteiger partial charge on any atom is 0.320 e. The minimum Gasteiger partial charge on any atom is -0.497 e. The quantitative estimate of drug-likeness (QED) is 0.724. The number of nitrogens with one attached hydrogen (secondary N) is 1. The molecular formula is C17H26N2O4. The molecule has 0 unspecified atom stereocenters. The molecule has 0 aliphatic rings. The summed E-state index contributed by atoms with van der Waals surface area (Å²) in [6.07, 6.45) is 0.734. The van der Waals surface area contributed by atoms with Crippen LogP contribution in [0.5, 0.6) is 5.75 Å². The summed E-state index contributed by atoms with van der Waals surface area (Å²) in [6, 6.07) is 6.79. The number of rotatable bonds is 9. The van der Waals surface area contributed by atoms with Gasteiger partial charge in [-0.3, -0.25) is 14.9 Å². The molecular weight excluding hydrogens is 296 g/mol. The Labute approximate surface area is 137 Å². The number of benzene rings is 1. The van der Waals surface area contributed by atoms with E-state index in [9.17, 15) is 14.7 Å². The number of carbonyl (C=O) groups excluding carboxylic acids is 1. The number of hydrogen-bond donors (Lipinski definition) is 2. The number of amides is 1. The first-order chi connectivity index (χ1) is 10.9. The number of likely N-dealkylation sites (N-methyl/N-ethyl adjacent to an activating group) is 1. The van der Waals surface area contributed by atoms with Crippen LogP contribution in [0, 0.1) is 5.92 Å². The lowest BCUT2D eigenvalue weighted by atomic mass is 9.99. The van der Waals surface area contributed by atoms with E-state index in [1.165, 1.54) is 0 Å². The third-order valence-corrected chi connectivity index (χ3v) is 3.93. The van der Waals surface area contributed by atoms with E-state index in [2.05, 4.69) is 5.32 Å². The van der Waals surface area contributed by atoms with E-state index in [4.69, 9.17) is 4.74 Å². The highest BCUT2D eigenvalue weighted by Crippen LogP contribution is 2.14. The molecule has 0 spiro atoms. The first kappa shape index (κ1) is 19.0. The number of nitrogens with zero attached hydrogens (tertiary/aromatic N) is 1. The summed E-state index contributed by atoms with van der Waals surface area (Å²) in [4.78, 5) is 25.0. The zero-order chi connectivity index (χ0) is 17.4. The predicted molar refractivity (Wildman–Crippen MR) is 88.3 cm³/mol. The van der Waals surface area contributed by atoms with Crippen molar-refractivity contribution in [3.63, 3.8) is 0 Å². The molecule has 6 nitrogen and oxygen atoms in total. The second-order valence-electron chi connectivity index (χ2n) is 5.68. The van der Waals surface area contributed by atoms with E-state index in [0.717, 1.165) is 17.7 Å². The third kappa shape index (κ3) is 5.90. The molecule has 6 heteroatoms. The highest BCUT2D eigenvalue weighted by atomic mass is 16.5. The van der Waals surface area contributed by atoms with Crippen LogP contribution in [0.1, 0.15) is 25.8 Å². The minimum atomic E-state index is -0.928. The summed E-state index contributed by atoms with van der Waals surface area (Å²) in [5.41, 5.74) is 0.955. The summed E-state index contributed by atoms with van der Waals surface area (Å²) in [6.45, 7) is 4.23. The average molecular weight is 322 g/mol. The van der Waals surface area contributed by atoms with E-state index >= 15 is 0 Å². The van der Waals surface area contributed by atoms with Crippen LogP contribution in [-0.4, -0.2) is 48.6 Å². The fourth-order valence-corrected chi connectivity index (χ4v) is 2.23. The lowest BCUT2D eigenvalue weighted by Crippen LogP contribution is -2.46. The summed E-state index contributed by atoms with van der Waals surface area (Å²) < 4.78 is 5.16. The molecule has 23 heavy (non-hydrogen) atoms. The van der Waals surface area contributed by atoms with Crippen LogP contribution < -0.4 is 10.1 Å². The van der Waals surface area contributed by atoms with Gasteiger partial charge in [-0.25, -0.2) is 0 Å². The van der Waals surface area contributed by atoms with Crippen LogP contribution in [0.15, 0.2) is 24.3 Å². The second kappa shape index (κ2) is 9.15. The number of aliphatic carboxylic acids is 1. The van der Waals surface area contributed by atoms with Gasteiger partial charge < -0.3 is 14.7 Å². The number of methoxy groups -OCH3 is 1. The zero-order valence-electron chi connectivity index (χ0n) is 14.2. The lowest BCUT2D eigenvalue weighted by molar-refractivity contribution is -0.141. The SMILES string of the molecule is CC[C@H](C)[C@H](NCC(=O)N(C)Cc1cccc(OC)c1)C(=O)O. The summed E-state index contributed by atoms with van der Waals surface area (Å²) in [5, 5.41) is 12.1. The van der Waals surface area contributed by atoms with Crippen molar-refractivity contribution >= 4 is 11.9 Å². The number of carboxylic acids is 1. The minimum absolute atomic E-state index is 0.00176. The molecule has 1 aromatic rings. The van der Waals surface area contributed by atoms with Crippen LogP contribution in [0.25, 0.3) is 0 Å². The van der Waals surface area contributed by atoms with E-state index in [0.29, 0.717) is 6.54 Å². The highest BCUT2D eigenvalue weighted by Gasteiger charge is 2.24. The summed E-state index contributed by atoms with van der Waals surface area (Å²) in [5.74, 6) is -0.377. The van der Waals surface area contributed by atoms with Crippen LogP contribution in [0.2, 0.25) is 0 Å². The number of ether oxygens (including phenoxy) is 1. The van der Waals surface area contributed by atoms with Gasteiger partial charge in [0.25, 0.3) is 0 Å². The maximum absolute atomic E-state index is 12.2. The van der Waals surface area contributed by atoms with Crippen molar-refractivity contribution in [1.82, 2.24) is 10.2 Å². The Hall–Kier alpha value is -2.08. The van der Waals surface area contributed by atoms with Crippen molar-refractivity contribution in [3.8, 4) is 5.75 Å². The Morgan fingerprint density at radius 1 is 1.39 bits per heavy atom. The molecule has 0 fully saturated rings. The van der Waals surface area contributed by atoms with Gasteiger partial charge in [-0.05, 0) is 23.6 Å². The summed E-state index contributed by atoms with van der Waals surface area (Å²) in [7, 11) is 3.29. The van der Waals surface area contributed by atoms with Crippen molar-refractivity contribution in [2.45, 2.75) is 32.9 Å². The Kier molecular flexibility index (Phi) is 7.54. The van der Waals surface area contributed by atoms with E-state index in [1.807, 2.05) is 38.1 Å². The maximum atomic E-state index is 12.2. The molecule has 0 radical (unpaired) electrons. The molecule has 1 aromatic carbocycles. The average Bonchev–Trinajstić information content (AvgIpc) is 2.54. The molecule has 1 amide bonds. The highest BCUT2D eigenvalue weighted by molar-refractivity contribution is 5.80. The lowest BCUT2D eigenvalue weighted by Gasteiger charge is -2.22. The topological polar surface area (TPSA) is 78.9 Å². The summed E-state index contributed by atoms with van der Waals surface area (Å²) >= 11 is 0. The monoisotopic (exact) mass is 322 g/mol. The molecule has 0 saturated heterocycles. The molecule has 1 rings (SSSR count). The van der Waals surface area contributed by atoms with Gasteiger partial charge in [0.1, 0.15) is 11.8 Å². The van der Waals surface area contributed by atoms with Crippen LogP contribution in [0.4, 0.5) is 0 Å². The molecule has 2 atom stereocenters. The Morgan fingerprint density at radius 2 is 2.09 bits per heavy atom. The smallest absolute Gasteiger partial charge is 0.320 e. The van der Waals surface area contributed by atoms with Gasteiger partial charge in [0.2, 0.25) is 5.91 Å². The van der Waals surface area contributed by atoms with Gasteiger partial charge in [0.05, 0.1) is 13.7 Å². The van der Waals surface area contributed by atoms with Gasteiger partial charge in [0, 0.05) is 13.6 Å². The molecule has 0 heterocycles. The molecule has 2 N–H and O–H groups in total. The van der Waals surface area contributed by atoms with Crippen LogP contribution in [-0.2, 0) is 16.1 Å². The molecule has 0 aliphatic heterocycles. The Bertz CT molecular complexity index is 533. The first-order valence-corrected chi connectivity index (χ1v) is 7.72.